The number of benzene rings is 1. The molecule has 2 aromatic rings. The maximum Gasteiger partial charge on any atom is 0.250 e. The third kappa shape index (κ3) is 5.48. The second kappa shape index (κ2) is 8.45. The van der Waals surface area contributed by atoms with Crippen LogP contribution in [0, 0.1) is 0 Å². The molecule has 0 saturated heterocycles. The zero-order chi connectivity index (χ0) is 18.8. The molecular formula is C17H22Cl4N4. The number of alkyl halides is 3. The number of fused-ring (bicyclic) bond motifs is 1. The monoisotopic (exact) mass is 422 g/mol. The summed E-state index contributed by atoms with van der Waals surface area (Å²) in [4.78, 5) is 11.1. The van der Waals surface area contributed by atoms with Gasteiger partial charge in [0.15, 0.2) is 5.82 Å². The van der Waals surface area contributed by atoms with Crippen molar-refractivity contribution in [3.05, 3.63) is 29.0 Å². The number of hydrogen-bond donors (Lipinski definition) is 1. The van der Waals surface area contributed by atoms with Gasteiger partial charge in [0, 0.05) is 35.6 Å². The maximum absolute atomic E-state index is 6.07. The highest BCUT2D eigenvalue weighted by atomic mass is 35.6. The Kier molecular flexibility index (Phi) is 7.02. The van der Waals surface area contributed by atoms with E-state index in [-0.39, 0.29) is 5.82 Å². The Hall–Kier alpha value is -0.520. The molecule has 0 aliphatic rings. The lowest BCUT2D eigenvalue weighted by Crippen LogP contribution is -2.40. The third-order valence-electron chi connectivity index (χ3n) is 3.90. The van der Waals surface area contributed by atoms with Crippen LogP contribution in [0.25, 0.3) is 10.9 Å². The predicted molar refractivity (Wildman–Crippen MR) is 109 cm³/mol. The Morgan fingerprint density at radius 1 is 1.08 bits per heavy atom. The normalized spacial score (nSPS) is 12.6. The second-order valence-corrected chi connectivity index (χ2v) is 9.12. The number of rotatable bonds is 6. The standard InChI is InChI=1S/C17H22Cl4N4/c1-10(2)25(11(3)4)8-7-22-15-13-6-5-12(18)9-14(13)23-16(24-15)17(19,20)21/h5-6,9-11H,7-8H2,1-4H3,(H,22,23,24). The smallest absolute Gasteiger partial charge is 0.250 e. The van der Waals surface area contributed by atoms with Crippen LogP contribution >= 0.6 is 46.4 Å². The summed E-state index contributed by atoms with van der Waals surface area (Å²) in [5, 5.41) is 4.75. The van der Waals surface area contributed by atoms with E-state index in [4.69, 9.17) is 46.4 Å². The first kappa shape index (κ1) is 20.8. The van der Waals surface area contributed by atoms with Gasteiger partial charge in [-0.15, -0.1) is 0 Å². The lowest BCUT2D eigenvalue weighted by atomic mass is 10.2. The van der Waals surface area contributed by atoms with E-state index < -0.39 is 3.79 Å². The summed E-state index contributed by atoms with van der Waals surface area (Å²) in [6.07, 6.45) is 0. The van der Waals surface area contributed by atoms with Gasteiger partial charge in [-0.3, -0.25) is 4.90 Å². The molecule has 0 saturated carbocycles. The number of anilines is 1. The van der Waals surface area contributed by atoms with Gasteiger partial charge in [0.25, 0.3) is 0 Å². The molecule has 0 atom stereocenters. The highest BCUT2D eigenvalue weighted by Crippen LogP contribution is 2.37. The van der Waals surface area contributed by atoms with Crippen molar-refractivity contribution in [2.45, 2.75) is 43.6 Å². The SMILES string of the molecule is CC(C)N(CCNc1nc(C(Cl)(Cl)Cl)nc2cc(Cl)ccc12)C(C)C. The molecule has 1 heterocycles. The number of nitrogens with zero attached hydrogens (tertiary/aromatic N) is 3. The molecule has 25 heavy (non-hydrogen) atoms. The van der Waals surface area contributed by atoms with Crippen LogP contribution in [-0.4, -0.2) is 40.0 Å². The molecule has 0 bridgehead atoms. The first-order chi connectivity index (χ1) is 11.6. The van der Waals surface area contributed by atoms with E-state index in [1.54, 1.807) is 12.1 Å². The quantitative estimate of drug-likeness (QED) is 0.610. The van der Waals surface area contributed by atoms with Crippen LogP contribution in [0.2, 0.25) is 5.02 Å². The van der Waals surface area contributed by atoms with Gasteiger partial charge in [-0.2, -0.15) is 0 Å². The average molecular weight is 424 g/mol. The molecule has 1 N–H and O–H groups in total. The molecule has 0 radical (unpaired) electrons. The van der Waals surface area contributed by atoms with Crippen LogP contribution in [0.5, 0.6) is 0 Å². The van der Waals surface area contributed by atoms with Crippen LogP contribution in [0.3, 0.4) is 0 Å². The summed E-state index contributed by atoms with van der Waals surface area (Å²) in [5.41, 5.74) is 0.635. The van der Waals surface area contributed by atoms with E-state index in [2.05, 4.69) is 47.9 Å². The van der Waals surface area contributed by atoms with Gasteiger partial charge >= 0.3 is 0 Å². The van der Waals surface area contributed by atoms with E-state index in [9.17, 15) is 0 Å². The van der Waals surface area contributed by atoms with Gasteiger partial charge in [-0.25, -0.2) is 9.97 Å². The van der Waals surface area contributed by atoms with Crippen LogP contribution in [0.1, 0.15) is 33.5 Å². The van der Waals surface area contributed by atoms with Crippen LogP contribution in [0.15, 0.2) is 18.2 Å². The maximum atomic E-state index is 6.07. The molecular weight excluding hydrogens is 402 g/mol. The van der Waals surface area contributed by atoms with Gasteiger partial charge in [0.2, 0.25) is 3.79 Å². The van der Waals surface area contributed by atoms with Crippen LogP contribution < -0.4 is 5.32 Å². The van der Waals surface area contributed by atoms with Crippen molar-refractivity contribution in [1.29, 1.82) is 0 Å². The molecule has 0 unspecified atom stereocenters. The topological polar surface area (TPSA) is 41.0 Å². The van der Waals surface area contributed by atoms with Crippen LogP contribution in [0.4, 0.5) is 5.82 Å². The van der Waals surface area contributed by atoms with Gasteiger partial charge < -0.3 is 5.32 Å². The molecule has 1 aromatic heterocycles. The fraction of sp³-hybridized carbons (Fsp3) is 0.529. The largest absolute Gasteiger partial charge is 0.368 e. The Labute approximate surface area is 168 Å². The summed E-state index contributed by atoms with van der Waals surface area (Å²) in [5.74, 6) is 0.759. The van der Waals surface area contributed by atoms with E-state index >= 15 is 0 Å². The van der Waals surface area contributed by atoms with Gasteiger partial charge in [0.1, 0.15) is 5.82 Å². The minimum Gasteiger partial charge on any atom is -0.368 e. The van der Waals surface area contributed by atoms with Crippen molar-refractivity contribution >= 4 is 63.1 Å². The number of aromatic nitrogens is 2. The van der Waals surface area contributed by atoms with Crippen LogP contribution in [-0.2, 0) is 3.79 Å². The first-order valence-electron chi connectivity index (χ1n) is 8.13. The minimum absolute atomic E-state index is 0.124. The minimum atomic E-state index is -1.70. The van der Waals surface area contributed by atoms with Crippen molar-refractivity contribution < 1.29 is 0 Å². The fourth-order valence-electron chi connectivity index (χ4n) is 2.78. The molecule has 0 aliphatic carbocycles. The Morgan fingerprint density at radius 3 is 2.28 bits per heavy atom. The molecule has 4 nitrogen and oxygen atoms in total. The van der Waals surface area contributed by atoms with Crippen molar-refractivity contribution in [2.75, 3.05) is 18.4 Å². The lowest BCUT2D eigenvalue weighted by Gasteiger charge is -2.30. The van der Waals surface area contributed by atoms with Crippen molar-refractivity contribution in [2.24, 2.45) is 0 Å². The molecule has 138 valence electrons. The summed E-state index contributed by atoms with van der Waals surface area (Å²) >= 11 is 24.0. The zero-order valence-electron chi connectivity index (χ0n) is 14.7. The van der Waals surface area contributed by atoms with Crippen molar-refractivity contribution in [3.8, 4) is 0 Å². The Morgan fingerprint density at radius 2 is 1.72 bits per heavy atom. The summed E-state index contributed by atoms with van der Waals surface area (Å²) in [6.45, 7) is 10.3. The Bertz CT molecular complexity index is 720. The molecule has 0 spiro atoms. The van der Waals surface area contributed by atoms with Crippen molar-refractivity contribution in [3.63, 3.8) is 0 Å². The molecule has 1 aromatic carbocycles. The highest BCUT2D eigenvalue weighted by Gasteiger charge is 2.28. The molecule has 0 fully saturated rings. The summed E-state index contributed by atoms with van der Waals surface area (Å²) in [6, 6.07) is 6.31. The summed E-state index contributed by atoms with van der Waals surface area (Å²) in [7, 11) is 0. The van der Waals surface area contributed by atoms with Gasteiger partial charge in [0.05, 0.1) is 5.52 Å². The Balaban J connectivity index is 2.30. The molecule has 0 amide bonds. The predicted octanol–water partition coefficient (Wildman–Crippen LogP) is 5.64. The summed E-state index contributed by atoms with van der Waals surface area (Å²) < 4.78 is -1.70. The first-order valence-corrected chi connectivity index (χ1v) is 9.65. The van der Waals surface area contributed by atoms with Gasteiger partial charge in [-0.05, 0) is 45.9 Å². The van der Waals surface area contributed by atoms with E-state index in [0.29, 0.717) is 35.0 Å². The van der Waals surface area contributed by atoms with Gasteiger partial charge in [-0.1, -0.05) is 46.4 Å². The highest BCUT2D eigenvalue weighted by molar-refractivity contribution is 6.66. The average Bonchev–Trinajstić information content (AvgIpc) is 2.48. The van der Waals surface area contributed by atoms with E-state index in [1.807, 2.05) is 6.07 Å². The number of halogens is 4. The molecule has 8 heteroatoms. The molecule has 2 rings (SSSR count). The third-order valence-corrected chi connectivity index (χ3v) is 4.64. The van der Waals surface area contributed by atoms with E-state index in [0.717, 1.165) is 11.9 Å². The number of hydrogen-bond acceptors (Lipinski definition) is 4. The number of nitrogens with one attached hydrogen (secondary N) is 1. The fourth-order valence-corrected chi connectivity index (χ4v) is 3.20. The zero-order valence-corrected chi connectivity index (χ0v) is 17.7. The second-order valence-electron chi connectivity index (χ2n) is 6.41. The van der Waals surface area contributed by atoms with E-state index in [1.165, 1.54) is 0 Å². The lowest BCUT2D eigenvalue weighted by molar-refractivity contribution is 0.182. The van der Waals surface area contributed by atoms with Crippen molar-refractivity contribution in [1.82, 2.24) is 14.9 Å². The molecule has 0 aliphatic heterocycles.